The number of aliphatic hydroxyl groups excluding tert-OH is 4. The van der Waals surface area contributed by atoms with E-state index < -0.39 is 47.6 Å². The van der Waals surface area contributed by atoms with Crippen LogP contribution in [0.25, 0.3) is 10.8 Å². The lowest BCUT2D eigenvalue weighted by molar-refractivity contribution is -0.142. The van der Waals surface area contributed by atoms with Crippen molar-refractivity contribution in [3.8, 4) is 34.8 Å². The second-order valence-corrected chi connectivity index (χ2v) is 28.4. The number of benzene rings is 5. The third-order valence-corrected chi connectivity index (χ3v) is 22.8. The quantitative estimate of drug-likeness (QED) is 0.0503. The number of aryl methyl sites for hydroxylation is 1. The van der Waals surface area contributed by atoms with Crippen LogP contribution in [0, 0.1) is 58.7 Å². The number of Topliss-reactive ketones (excluding diaryl/α,β-unsaturated/α-hetero) is 2. The van der Waals surface area contributed by atoms with Crippen molar-refractivity contribution in [2.45, 2.75) is 173 Å². The molecule has 1 aromatic heterocycles. The molecule has 13 unspecified atom stereocenters. The first kappa shape index (κ1) is 65.7. The second-order valence-electron chi connectivity index (χ2n) is 28.4. The Morgan fingerprint density at radius 3 is 2.38 bits per heavy atom. The minimum absolute atomic E-state index is 0.0427. The fourth-order valence-electron chi connectivity index (χ4n) is 17.7. The Morgan fingerprint density at radius 1 is 0.785 bits per heavy atom. The van der Waals surface area contributed by atoms with Gasteiger partial charge in [0.15, 0.2) is 29.2 Å². The number of nitrogens with one attached hydrogen (secondary N) is 4. The zero-order valence-corrected chi connectivity index (χ0v) is 54.6. The van der Waals surface area contributed by atoms with Gasteiger partial charge in [-0.2, -0.15) is 0 Å². The zero-order chi connectivity index (χ0) is 65.1. The number of ketones is 2. The number of hydrogen-bond donors (Lipinski definition) is 11. The highest BCUT2D eigenvalue weighted by Crippen LogP contribution is 2.58. The fourth-order valence-corrected chi connectivity index (χ4v) is 17.7. The monoisotopic (exact) mass is 1260 g/mol. The number of carbonyl (C=O) groups excluding carboxylic acids is 2. The average molecular weight is 1260 g/mol. The highest BCUT2D eigenvalue weighted by Gasteiger charge is 2.51. The van der Waals surface area contributed by atoms with E-state index in [0.717, 1.165) is 114 Å². The van der Waals surface area contributed by atoms with Gasteiger partial charge in [0.1, 0.15) is 17.3 Å². The van der Waals surface area contributed by atoms with Gasteiger partial charge in [0.25, 0.3) is 0 Å². The van der Waals surface area contributed by atoms with Gasteiger partial charge in [-0.25, -0.2) is 0 Å². The van der Waals surface area contributed by atoms with Crippen LogP contribution in [-0.2, 0) is 41.9 Å². The molecule has 1 spiro atoms. The minimum Gasteiger partial charge on any atom is -0.508 e. The van der Waals surface area contributed by atoms with Gasteiger partial charge in [-0.05, 0) is 210 Å². The van der Waals surface area contributed by atoms with Crippen LogP contribution in [-0.4, -0.2) is 97.4 Å². The van der Waals surface area contributed by atoms with E-state index in [9.17, 15) is 40.5 Å². The topological polar surface area (TPSA) is 237 Å². The number of methoxy groups -OCH3 is 1. The zero-order valence-electron chi connectivity index (χ0n) is 54.6. The Kier molecular flexibility index (Phi) is 20.3. The maximum Gasteiger partial charge on any atom is 0.173 e. The molecule has 12 rings (SSSR count). The molecule has 93 heavy (non-hydrogen) atoms. The van der Waals surface area contributed by atoms with E-state index in [0.29, 0.717) is 80.1 Å². The van der Waals surface area contributed by atoms with E-state index in [2.05, 4.69) is 96.0 Å². The van der Waals surface area contributed by atoms with Crippen molar-refractivity contribution < 1.29 is 50.1 Å². The number of allylic oxidation sites excluding steroid dienone is 2. The standard InChI is InChI=1S/C79H96N4O10/c1-5-11-63-55-33-58(79(27-8-9-28-79)57-26-29-81-75(38-57)83-59-23-20-48-16-19-54(76(90)68(48)39-59)35-61(85)44-80-42-47(3)56-34-60(82-43-56)40-72(63)88)32-52-21-24-65(66-41-73(89)74(93-4)37-53(66)22-25-71(87)78(92)77(91)67(52)36-55)64-14-7-6-13-62(64)51-18-17-49(46(2)30-51)31-50-12-10-15-70(86)69(50)45-84/h6-7,10,12-16,19-20,23,26,34,37-39,41,43,46-47,49,51-52,55,58,61,63,65,67,72,78,80-86,88-90,92H,5,8-9,11,17-18,22,25,27-33,35-36,40,42,44-45H2,1-4H3. The number of carbonyl (C=O) groups is 2. The molecule has 492 valence electrons. The van der Waals surface area contributed by atoms with Gasteiger partial charge in [0, 0.05) is 79.3 Å². The summed E-state index contributed by atoms with van der Waals surface area (Å²) in [6.07, 6.45) is 14.2. The number of phenolic OH excluding ortho intramolecular Hbond substituents is 2. The summed E-state index contributed by atoms with van der Waals surface area (Å²) in [6, 6.07) is 29.5. The molecule has 13 atom stereocenters. The van der Waals surface area contributed by atoms with E-state index >= 15 is 4.79 Å². The average Bonchev–Trinajstić information content (AvgIpc) is 1.66. The van der Waals surface area contributed by atoms with Crippen LogP contribution in [0.5, 0.6) is 23.0 Å². The maximum atomic E-state index is 15.7. The van der Waals surface area contributed by atoms with Crippen LogP contribution < -0.4 is 20.7 Å². The van der Waals surface area contributed by atoms with Crippen molar-refractivity contribution in [2.24, 2.45) is 46.8 Å². The van der Waals surface area contributed by atoms with Crippen molar-refractivity contribution in [3.63, 3.8) is 0 Å². The Morgan fingerprint density at radius 2 is 1.59 bits per heavy atom. The van der Waals surface area contributed by atoms with Crippen molar-refractivity contribution >= 4 is 28.0 Å². The number of hydrogen-bond acceptors (Lipinski definition) is 13. The lowest BCUT2D eigenvalue weighted by atomic mass is 9.62. The van der Waals surface area contributed by atoms with Gasteiger partial charge >= 0.3 is 0 Å². The molecule has 3 heterocycles. The number of aromatic hydroxyl groups is 3. The Balaban J connectivity index is 0.983. The molecule has 9 bridgehead atoms. The summed E-state index contributed by atoms with van der Waals surface area (Å²) in [5, 5.41) is 93.4. The Labute approximate surface area is 548 Å². The maximum absolute atomic E-state index is 15.7. The van der Waals surface area contributed by atoms with Crippen molar-refractivity contribution in [2.75, 3.05) is 32.1 Å². The van der Waals surface area contributed by atoms with Gasteiger partial charge < -0.3 is 61.4 Å². The normalized spacial score (nSPS) is 28.7. The Hall–Kier alpha value is -7.38. The molecule has 0 saturated heterocycles. The Bertz CT molecular complexity index is 3810. The first-order valence-electron chi connectivity index (χ1n) is 34.6. The molecule has 6 aliphatic rings. The van der Waals surface area contributed by atoms with Crippen LogP contribution in [0.3, 0.4) is 0 Å². The van der Waals surface area contributed by atoms with E-state index in [4.69, 9.17) is 4.74 Å². The summed E-state index contributed by atoms with van der Waals surface area (Å²) in [5.74, 6) is 6.32. The SMILES string of the molecule is CCCC1C(O)Cc2cc(c[nH]2)C(C)CNCC(O)Cc2ccc3ccc(cc3c2O)NC2=CC(=CCN2)C2(CCCC2)C2CC3C#CC(c4ccccc4C4CCC(Cc5cccc(O)c5CO)C(C)C4)c4cc(O)c(OC)cc4CCC(=O)C(O)C(=O)C3CC1C2. The summed E-state index contributed by atoms with van der Waals surface area (Å²) in [6.45, 7) is 7.86. The number of phenols is 3. The van der Waals surface area contributed by atoms with Gasteiger partial charge in [0.05, 0.1) is 31.8 Å². The minimum atomic E-state index is -1.89. The smallest absolute Gasteiger partial charge is 0.173 e. The molecule has 14 heteroatoms. The van der Waals surface area contributed by atoms with Crippen LogP contribution in [0.4, 0.5) is 5.69 Å². The van der Waals surface area contributed by atoms with Crippen LogP contribution >= 0.6 is 0 Å². The molecule has 2 aliphatic heterocycles. The number of aliphatic hydroxyl groups is 4. The highest BCUT2D eigenvalue weighted by atomic mass is 16.5. The second kappa shape index (κ2) is 28.7. The number of aromatic amines is 1. The molecule has 4 aliphatic carbocycles. The van der Waals surface area contributed by atoms with E-state index in [1.807, 2.05) is 48.7 Å². The summed E-state index contributed by atoms with van der Waals surface area (Å²) in [5.41, 5.74) is 9.48. The number of fused-ring (bicyclic) bond motifs is 11. The summed E-state index contributed by atoms with van der Waals surface area (Å²) in [4.78, 5) is 33.9. The molecule has 3 saturated carbocycles. The van der Waals surface area contributed by atoms with Crippen molar-refractivity contribution in [1.29, 1.82) is 0 Å². The largest absolute Gasteiger partial charge is 0.508 e. The number of dihydropyridines is 1. The molecule has 14 nitrogen and oxygen atoms in total. The number of aromatic nitrogens is 1. The predicted octanol–water partition coefficient (Wildman–Crippen LogP) is 12.5. The van der Waals surface area contributed by atoms with Gasteiger partial charge in [-0.15, -0.1) is 0 Å². The first-order chi connectivity index (χ1) is 45.0. The third-order valence-electron chi connectivity index (χ3n) is 22.8. The van der Waals surface area contributed by atoms with Crippen LogP contribution in [0.2, 0.25) is 0 Å². The van der Waals surface area contributed by atoms with Gasteiger partial charge in [-0.1, -0.05) is 113 Å². The van der Waals surface area contributed by atoms with E-state index in [1.165, 1.54) is 12.7 Å². The van der Waals surface area contributed by atoms with Gasteiger partial charge in [-0.3, -0.25) is 9.59 Å². The number of anilines is 1. The molecule has 6 aromatic rings. The summed E-state index contributed by atoms with van der Waals surface area (Å²) < 4.78 is 5.73. The van der Waals surface area contributed by atoms with Crippen molar-refractivity contribution in [3.05, 3.63) is 171 Å². The predicted molar refractivity (Wildman–Crippen MR) is 364 cm³/mol. The number of β-amino-alcohol motifs (C(OH)–C–C–N with tert-alkyl or cyclic N) is 1. The summed E-state index contributed by atoms with van der Waals surface area (Å²) >= 11 is 0. The molecule has 0 radical (unpaired) electrons. The van der Waals surface area contributed by atoms with Crippen LogP contribution in [0.15, 0.2) is 121 Å². The summed E-state index contributed by atoms with van der Waals surface area (Å²) in [7, 11) is 1.50. The van der Waals surface area contributed by atoms with Crippen molar-refractivity contribution in [1.82, 2.24) is 15.6 Å². The molecular weight excluding hydrogens is 1160 g/mol. The van der Waals surface area contributed by atoms with E-state index in [-0.39, 0.29) is 83.9 Å². The first-order valence-corrected chi connectivity index (χ1v) is 34.6. The fraction of sp³-hybridized carbons (Fsp3) is 0.494. The lowest BCUT2D eigenvalue weighted by Gasteiger charge is -2.43. The number of ether oxygens (including phenoxy) is 1. The molecular formula is C79H96N4O10. The van der Waals surface area contributed by atoms with Crippen LogP contribution in [0.1, 0.15) is 172 Å². The molecule has 0 amide bonds. The molecule has 5 aromatic carbocycles. The lowest BCUT2D eigenvalue weighted by Crippen LogP contribution is -2.40. The number of rotatable bonds is 8. The third kappa shape index (κ3) is 13.9. The van der Waals surface area contributed by atoms with Gasteiger partial charge in [0.2, 0.25) is 0 Å². The molecule has 3 fully saturated rings. The number of H-pyrrole nitrogens is 1. The van der Waals surface area contributed by atoms with E-state index in [1.54, 1.807) is 18.2 Å². The highest BCUT2D eigenvalue weighted by molar-refractivity contribution is 6.06. The molecule has 11 N–H and O–H groups in total.